The van der Waals surface area contributed by atoms with Crippen LogP contribution in [0.2, 0.25) is 0 Å². The maximum absolute atomic E-state index is 14.2. The summed E-state index contributed by atoms with van der Waals surface area (Å²) in [6, 6.07) is 6.22. The first-order chi connectivity index (χ1) is 20.0. The zero-order valence-corrected chi connectivity index (χ0v) is 25.2. The van der Waals surface area contributed by atoms with Gasteiger partial charge in [-0.05, 0) is 58.9 Å². The van der Waals surface area contributed by atoms with Gasteiger partial charge in [0.2, 0.25) is 0 Å². The Morgan fingerprint density at radius 2 is 1.86 bits per heavy atom. The second-order valence-corrected chi connectivity index (χ2v) is 12.2. The topological polar surface area (TPSA) is 125 Å². The number of aromatic nitrogens is 5. The Kier molecular flexibility index (Phi) is 8.41. The van der Waals surface area contributed by atoms with E-state index < -0.39 is 17.5 Å². The van der Waals surface area contributed by atoms with Gasteiger partial charge in [0.05, 0.1) is 35.2 Å². The number of aryl methyl sites for hydroxylation is 1. The smallest absolute Gasteiger partial charge is 0.410 e. The van der Waals surface area contributed by atoms with Crippen LogP contribution in [-0.4, -0.2) is 72.6 Å². The molecule has 0 radical (unpaired) electrons. The predicted octanol–water partition coefficient (Wildman–Crippen LogP) is 5.01. The summed E-state index contributed by atoms with van der Waals surface area (Å²) in [7, 11) is 0. The number of hydrogen-bond acceptors (Lipinski definition) is 10. The van der Waals surface area contributed by atoms with Crippen LogP contribution < -0.4 is 10.5 Å². The highest BCUT2D eigenvalue weighted by molar-refractivity contribution is 7.15. The highest BCUT2D eigenvalue weighted by atomic mass is 32.1. The maximum atomic E-state index is 14.2. The minimum atomic E-state index is -0.571. The standard InChI is InChI=1S/C29H35FN8O3S/c1-18-26(42-25(35-18)17-36-10-12-37(13-11-36)28(39)41-29(3,4)5)20-14-24(27(31)32-16-20)40-19(2)22-15-21(30)6-7-23(22)38-33-8-9-34-38/h6-9,14-16,19H,10-13,17H2,1-5H3,(H2,31,32)/t19-/m1/s1. The molecule has 0 bridgehead atoms. The van der Waals surface area contributed by atoms with Crippen LogP contribution in [0.3, 0.4) is 0 Å². The van der Waals surface area contributed by atoms with Crippen molar-refractivity contribution < 1.29 is 18.7 Å². The second-order valence-electron chi connectivity index (χ2n) is 11.2. The average Bonchev–Trinajstić information content (AvgIpc) is 3.59. The van der Waals surface area contributed by atoms with Gasteiger partial charge in [0.15, 0.2) is 11.6 Å². The van der Waals surface area contributed by atoms with Crippen molar-refractivity contribution in [3.63, 3.8) is 0 Å². The van der Waals surface area contributed by atoms with E-state index in [1.54, 1.807) is 40.9 Å². The fourth-order valence-electron chi connectivity index (χ4n) is 4.69. The third-order valence-corrected chi connectivity index (χ3v) is 7.92. The number of pyridine rings is 1. The van der Waals surface area contributed by atoms with Crippen molar-refractivity contribution in [3.05, 3.63) is 64.9 Å². The minimum absolute atomic E-state index is 0.228. The Morgan fingerprint density at radius 3 is 2.55 bits per heavy atom. The Hall–Kier alpha value is -4.10. The molecule has 4 aromatic rings. The zero-order valence-electron chi connectivity index (χ0n) is 24.4. The number of ether oxygens (including phenoxy) is 2. The molecule has 0 spiro atoms. The fourth-order valence-corrected chi connectivity index (χ4v) is 5.78. The van der Waals surface area contributed by atoms with Gasteiger partial charge in [0.1, 0.15) is 22.5 Å². The SMILES string of the molecule is Cc1nc(CN2CCN(C(=O)OC(C)(C)C)CC2)sc1-c1cnc(N)c(O[C@H](C)c2cc(F)ccc2-n2nccn2)c1. The average molecular weight is 595 g/mol. The van der Waals surface area contributed by atoms with Gasteiger partial charge >= 0.3 is 6.09 Å². The van der Waals surface area contributed by atoms with Crippen molar-refractivity contribution in [2.75, 3.05) is 31.9 Å². The number of piperazine rings is 1. The van der Waals surface area contributed by atoms with Crippen LogP contribution in [-0.2, 0) is 11.3 Å². The van der Waals surface area contributed by atoms with Crippen LogP contribution in [0.4, 0.5) is 15.0 Å². The number of amides is 1. The fraction of sp³-hybridized carbons (Fsp3) is 0.414. The number of rotatable bonds is 7. The molecular weight excluding hydrogens is 559 g/mol. The van der Waals surface area contributed by atoms with Crippen molar-refractivity contribution in [3.8, 4) is 21.9 Å². The normalized spacial score (nSPS) is 15.0. The van der Waals surface area contributed by atoms with Crippen molar-refractivity contribution >= 4 is 23.2 Å². The molecule has 42 heavy (non-hydrogen) atoms. The van der Waals surface area contributed by atoms with Crippen molar-refractivity contribution in [2.24, 2.45) is 0 Å². The third kappa shape index (κ3) is 6.85. The molecule has 1 amide bonds. The number of hydrogen-bond donors (Lipinski definition) is 1. The Labute approximate surface area is 248 Å². The van der Waals surface area contributed by atoms with Crippen LogP contribution in [0, 0.1) is 12.7 Å². The molecule has 222 valence electrons. The number of thiazole rings is 1. The summed E-state index contributed by atoms with van der Waals surface area (Å²) in [5, 5.41) is 9.32. The molecule has 13 heteroatoms. The second kappa shape index (κ2) is 12.0. The van der Waals surface area contributed by atoms with E-state index in [0.29, 0.717) is 36.6 Å². The number of nitrogens with two attached hydrogens (primary N) is 1. The molecule has 2 N–H and O–H groups in total. The number of benzene rings is 1. The van der Waals surface area contributed by atoms with E-state index in [1.807, 2.05) is 40.7 Å². The lowest BCUT2D eigenvalue weighted by Crippen LogP contribution is -2.49. The van der Waals surface area contributed by atoms with Gasteiger partial charge in [-0.3, -0.25) is 4.90 Å². The predicted molar refractivity (Wildman–Crippen MR) is 158 cm³/mol. The number of anilines is 1. The van der Waals surface area contributed by atoms with E-state index >= 15 is 0 Å². The van der Waals surface area contributed by atoms with Crippen molar-refractivity contribution in [2.45, 2.75) is 52.9 Å². The Morgan fingerprint density at radius 1 is 1.14 bits per heavy atom. The monoisotopic (exact) mass is 594 g/mol. The molecule has 1 fully saturated rings. The van der Waals surface area contributed by atoms with E-state index in [4.69, 9.17) is 20.2 Å². The van der Waals surface area contributed by atoms with E-state index in [-0.39, 0.29) is 11.9 Å². The number of nitrogen functional groups attached to an aromatic ring is 1. The van der Waals surface area contributed by atoms with E-state index in [1.165, 1.54) is 16.9 Å². The molecule has 1 saturated heterocycles. The first kappa shape index (κ1) is 29.4. The van der Waals surface area contributed by atoms with Crippen LogP contribution in [0.5, 0.6) is 5.75 Å². The molecule has 1 aliphatic rings. The lowest BCUT2D eigenvalue weighted by Gasteiger charge is -2.35. The van der Waals surface area contributed by atoms with Crippen LogP contribution in [0.15, 0.2) is 42.9 Å². The summed E-state index contributed by atoms with van der Waals surface area (Å²) in [6.45, 7) is 12.8. The zero-order chi connectivity index (χ0) is 30.0. The van der Waals surface area contributed by atoms with Gasteiger partial charge in [0, 0.05) is 43.5 Å². The largest absolute Gasteiger partial charge is 0.482 e. The number of carbonyl (C=O) groups excluding carboxylic acids is 1. The van der Waals surface area contributed by atoms with Gasteiger partial charge in [0.25, 0.3) is 0 Å². The van der Waals surface area contributed by atoms with Crippen LogP contribution in [0.1, 0.15) is 50.1 Å². The molecule has 1 atom stereocenters. The summed E-state index contributed by atoms with van der Waals surface area (Å²) in [5.41, 5.74) is 8.56. The molecule has 5 rings (SSSR count). The summed E-state index contributed by atoms with van der Waals surface area (Å²) < 4.78 is 25.9. The number of nitrogens with zero attached hydrogens (tertiary/aromatic N) is 7. The molecule has 1 aromatic carbocycles. The molecule has 4 heterocycles. The Bertz CT molecular complexity index is 1540. The van der Waals surface area contributed by atoms with E-state index in [0.717, 1.165) is 34.2 Å². The molecule has 3 aromatic heterocycles. The van der Waals surface area contributed by atoms with Gasteiger partial charge < -0.3 is 20.1 Å². The van der Waals surface area contributed by atoms with Gasteiger partial charge in [-0.15, -0.1) is 11.3 Å². The van der Waals surface area contributed by atoms with Gasteiger partial charge in [-0.2, -0.15) is 15.0 Å². The molecular formula is C29H35FN8O3S. The maximum Gasteiger partial charge on any atom is 0.410 e. The highest BCUT2D eigenvalue weighted by Gasteiger charge is 2.26. The summed E-state index contributed by atoms with van der Waals surface area (Å²) >= 11 is 1.59. The van der Waals surface area contributed by atoms with E-state index in [9.17, 15) is 9.18 Å². The van der Waals surface area contributed by atoms with Gasteiger partial charge in [-0.25, -0.2) is 19.2 Å². The molecule has 0 saturated carbocycles. The first-order valence-corrected chi connectivity index (χ1v) is 14.5. The van der Waals surface area contributed by atoms with E-state index in [2.05, 4.69) is 20.1 Å². The first-order valence-electron chi connectivity index (χ1n) is 13.7. The highest BCUT2D eigenvalue weighted by Crippen LogP contribution is 2.36. The molecule has 1 aliphatic heterocycles. The van der Waals surface area contributed by atoms with Crippen LogP contribution in [0.25, 0.3) is 16.1 Å². The third-order valence-electron chi connectivity index (χ3n) is 6.73. The molecule has 11 nitrogen and oxygen atoms in total. The molecule has 0 unspecified atom stereocenters. The minimum Gasteiger partial charge on any atom is -0.482 e. The number of halogens is 1. The van der Waals surface area contributed by atoms with Crippen LogP contribution >= 0.6 is 11.3 Å². The summed E-state index contributed by atoms with van der Waals surface area (Å²) in [5.74, 6) is 0.220. The summed E-state index contributed by atoms with van der Waals surface area (Å²) in [6.07, 6.45) is 3.97. The lowest BCUT2D eigenvalue weighted by atomic mass is 10.1. The molecule has 0 aliphatic carbocycles. The lowest BCUT2D eigenvalue weighted by molar-refractivity contribution is 0.0139. The van der Waals surface area contributed by atoms with Gasteiger partial charge in [-0.1, -0.05) is 0 Å². The van der Waals surface area contributed by atoms with Crippen molar-refractivity contribution in [1.29, 1.82) is 0 Å². The summed E-state index contributed by atoms with van der Waals surface area (Å²) in [4.78, 5) is 28.0. The number of carbonyl (C=O) groups is 1. The quantitative estimate of drug-likeness (QED) is 0.314. The van der Waals surface area contributed by atoms with Crippen molar-refractivity contribution in [1.82, 2.24) is 34.8 Å². The Balaban J connectivity index is 1.28.